The number of carbonyl (C=O) groups excluding carboxylic acids is 2. The van der Waals surface area contributed by atoms with Gasteiger partial charge in [0.25, 0.3) is 0 Å². The monoisotopic (exact) mass is 550 g/mol. The lowest BCUT2D eigenvalue weighted by molar-refractivity contribution is -0.143. The molecule has 3 atom stereocenters. The number of ether oxygens (including phenoxy) is 2. The van der Waals surface area contributed by atoms with Crippen molar-refractivity contribution < 1.29 is 19.1 Å². The van der Waals surface area contributed by atoms with Gasteiger partial charge in [0.1, 0.15) is 12.1 Å². The fourth-order valence-corrected chi connectivity index (χ4v) is 5.35. The van der Waals surface area contributed by atoms with Gasteiger partial charge in [-0.3, -0.25) is 0 Å². The van der Waals surface area contributed by atoms with Gasteiger partial charge in [-0.1, -0.05) is 105 Å². The fourth-order valence-electron chi connectivity index (χ4n) is 5.35. The summed E-state index contributed by atoms with van der Waals surface area (Å²) in [6, 6.07) is 8.16. The molecule has 40 heavy (non-hydrogen) atoms. The summed E-state index contributed by atoms with van der Waals surface area (Å²) >= 11 is 0. The van der Waals surface area contributed by atoms with Gasteiger partial charge in [0.15, 0.2) is 0 Å². The quantitative estimate of drug-likeness (QED) is 0.369. The first-order chi connectivity index (χ1) is 18.5. The van der Waals surface area contributed by atoms with E-state index in [-0.39, 0.29) is 28.4 Å². The third-order valence-electron chi connectivity index (χ3n) is 7.59. The summed E-state index contributed by atoms with van der Waals surface area (Å²) < 4.78 is 10.7. The molecule has 1 aromatic carbocycles. The third kappa shape index (κ3) is 8.57. The van der Waals surface area contributed by atoms with Gasteiger partial charge in [0, 0.05) is 19.0 Å². The average molecular weight is 551 g/mol. The molecule has 6 nitrogen and oxygen atoms in total. The van der Waals surface area contributed by atoms with E-state index in [0.717, 1.165) is 6.42 Å². The second-order valence-corrected chi connectivity index (χ2v) is 14.4. The van der Waals surface area contributed by atoms with Gasteiger partial charge in [0.2, 0.25) is 0 Å². The molecule has 2 N–H and O–H groups in total. The fraction of sp³-hybridized carbons (Fsp3) is 0.588. The molecule has 0 spiro atoms. The molecule has 1 aliphatic carbocycles. The molecule has 0 radical (unpaired) electrons. The van der Waals surface area contributed by atoms with E-state index in [1.807, 2.05) is 20.8 Å². The van der Waals surface area contributed by atoms with Crippen LogP contribution in [-0.4, -0.2) is 43.9 Å². The van der Waals surface area contributed by atoms with E-state index in [9.17, 15) is 9.59 Å². The largest absolute Gasteiger partial charge is 0.467 e. The molecular weight excluding hydrogens is 500 g/mol. The maximum absolute atomic E-state index is 12.8. The minimum Gasteiger partial charge on any atom is -0.467 e. The van der Waals surface area contributed by atoms with E-state index in [0.29, 0.717) is 19.4 Å². The van der Waals surface area contributed by atoms with E-state index < -0.39 is 18.1 Å². The first-order valence-corrected chi connectivity index (χ1v) is 14.5. The van der Waals surface area contributed by atoms with E-state index in [2.05, 4.69) is 94.7 Å². The highest BCUT2D eigenvalue weighted by Crippen LogP contribution is 2.37. The Balaban J connectivity index is 1.81. The van der Waals surface area contributed by atoms with E-state index in [1.165, 1.54) is 35.0 Å². The Labute approximate surface area is 241 Å². The average Bonchev–Trinajstić information content (AvgIpc) is 3.29. The van der Waals surface area contributed by atoms with Crippen molar-refractivity contribution >= 4 is 17.6 Å². The number of benzene rings is 1. The Kier molecular flexibility index (Phi) is 9.77. The first kappa shape index (κ1) is 31.7. The molecule has 0 bridgehead atoms. The van der Waals surface area contributed by atoms with Gasteiger partial charge >= 0.3 is 12.1 Å². The summed E-state index contributed by atoms with van der Waals surface area (Å²) in [5.74, 6) is -0.466. The molecule has 1 fully saturated rings. The summed E-state index contributed by atoms with van der Waals surface area (Å²) in [7, 11) is 1.33. The number of allylic oxidation sites excluding steroid dienone is 5. The maximum atomic E-state index is 12.8. The van der Waals surface area contributed by atoms with Crippen molar-refractivity contribution in [1.82, 2.24) is 10.6 Å². The Hall–Kier alpha value is -2.86. The molecular formula is C34H50N2O4. The van der Waals surface area contributed by atoms with Crippen molar-refractivity contribution in [3.05, 3.63) is 64.8 Å². The summed E-state index contributed by atoms with van der Waals surface area (Å²) in [5.41, 5.74) is 6.34. The standard InChI is InChI=1S/C34H50N2O4/c1-32(2,3)20-28(30(37)39-10)36-31(38)40-26-19-27(35-21-26)29(22-11-15-24(16-12-22)33(4,5)6)23-13-17-25(18-14-23)34(7,8)9/h11-13,15-18,26-28,35H,14,19-21H2,1-10H3,(H,36,38). The topological polar surface area (TPSA) is 76.7 Å². The predicted octanol–water partition coefficient (Wildman–Crippen LogP) is 7.10. The number of hydrogen-bond acceptors (Lipinski definition) is 5. The van der Waals surface area contributed by atoms with Crippen LogP contribution in [0.3, 0.4) is 0 Å². The summed E-state index contributed by atoms with van der Waals surface area (Å²) in [6.07, 6.45) is 7.89. The summed E-state index contributed by atoms with van der Waals surface area (Å²) in [5, 5.41) is 6.35. The Morgan fingerprint density at radius 2 is 1.62 bits per heavy atom. The molecule has 1 saturated heterocycles. The van der Waals surface area contributed by atoms with Gasteiger partial charge in [0.05, 0.1) is 7.11 Å². The Morgan fingerprint density at radius 3 is 2.12 bits per heavy atom. The Bertz CT molecular complexity index is 1150. The van der Waals surface area contributed by atoms with Crippen molar-refractivity contribution in [2.24, 2.45) is 10.8 Å². The number of amides is 1. The second-order valence-electron chi connectivity index (χ2n) is 14.4. The zero-order chi connectivity index (χ0) is 29.9. The van der Waals surface area contributed by atoms with Crippen molar-refractivity contribution in [1.29, 1.82) is 0 Å². The normalized spacial score (nSPS) is 21.9. The highest BCUT2D eigenvalue weighted by atomic mass is 16.6. The van der Waals surface area contributed by atoms with Gasteiger partial charge in [-0.15, -0.1) is 0 Å². The summed E-state index contributed by atoms with van der Waals surface area (Å²) in [6.45, 7) is 20.0. The molecule has 1 aliphatic heterocycles. The zero-order valence-corrected chi connectivity index (χ0v) is 26.2. The number of rotatable bonds is 6. The summed E-state index contributed by atoms with van der Waals surface area (Å²) in [4.78, 5) is 25.1. The van der Waals surface area contributed by atoms with Gasteiger partial charge in [-0.25, -0.2) is 9.59 Å². The third-order valence-corrected chi connectivity index (χ3v) is 7.59. The number of alkyl carbamates (subject to hydrolysis) is 1. The first-order valence-electron chi connectivity index (χ1n) is 14.5. The molecule has 220 valence electrons. The van der Waals surface area contributed by atoms with Crippen LogP contribution in [0.15, 0.2) is 53.6 Å². The van der Waals surface area contributed by atoms with Crippen LogP contribution in [0.2, 0.25) is 0 Å². The lowest BCUT2D eigenvalue weighted by atomic mass is 9.80. The molecule has 6 heteroatoms. The molecule has 3 unspecified atom stereocenters. The van der Waals surface area contributed by atoms with Gasteiger partial charge in [-0.05, 0) is 56.9 Å². The van der Waals surface area contributed by atoms with Crippen LogP contribution >= 0.6 is 0 Å². The lowest BCUT2D eigenvalue weighted by Gasteiger charge is -2.26. The van der Waals surface area contributed by atoms with Crippen LogP contribution in [0.5, 0.6) is 0 Å². The van der Waals surface area contributed by atoms with Crippen LogP contribution in [0, 0.1) is 10.8 Å². The number of methoxy groups -OCH3 is 1. The highest BCUT2D eigenvalue weighted by molar-refractivity contribution is 5.81. The molecule has 1 heterocycles. The zero-order valence-electron chi connectivity index (χ0n) is 26.2. The van der Waals surface area contributed by atoms with Crippen LogP contribution in [0.1, 0.15) is 92.7 Å². The SMILES string of the molecule is COC(=O)C(CC(C)(C)C)NC(=O)OC1CNC(C(=C2C=CC(C(C)(C)C)=CC2)c2ccc(C(C)(C)C)cc2)C1. The van der Waals surface area contributed by atoms with E-state index in [1.54, 1.807) is 0 Å². The van der Waals surface area contributed by atoms with Crippen molar-refractivity contribution in [2.75, 3.05) is 13.7 Å². The molecule has 0 saturated carbocycles. The van der Waals surface area contributed by atoms with Crippen LogP contribution in [-0.2, 0) is 19.7 Å². The molecule has 3 rings (SSSR count). The number of esters is 1. The molecule has 1 aromatic rings. The van der Waals surface area contributed by atoms with Gasteiger partial charge < -0.3 is 20.1 Å². The number of nitrogens with one attached hydrogen (secondary N) is 2. The highest BCUT2D eigenvalue weighted by Gasteiger charge is 2.34. The van der Waals surface area contributed by atoms with E-state index in [4.69, 9.17) is 9.47 Å². The smallest absolute Gasteiger partial charge is 0.408 e. The number of hydrogen-bond donors (Lipinski definition) is 2. The molecule has 1 amide bonds. The maximum Gasteiger partial charge on any atom is 0.408 e. The second kappa shape index (κ2) is 12.3. The molecule has 0 aromatic heterocycles. The van der Waals surface area contributed by atoms with Gasteiger partial charge in [-0.2, -0.15) is 0 Å². The Morgan fingerprint density at radius 1 is 0.975 bits per heavy atom. The minimum absolute atomic E-state index is 0.0357. The minimum atomic E-state index is -0.752. The molecule has 2 aliphatic rings. The van der Waals surface area contributed by atoms with Crippen LogP contribution in [0.4, 0.5) is 4.79 Å². The van der Waals surface area contributed by atoms with Crippen LogP contribution < -0.4 is 10.6 Å². The van der Waals surface area contributed by atoms with E-state index >= 15 is 0 Å². The van der Waals surface area contributed by atoms with Crippen molar-refractivity contribution in [3.8, 4) is 0 Å². The lowest BCUT2D eigenvalue weighted by Crippen LogP contribution is -2.45. The predicted molar refractivity (Wildman–Crippen MR) is 163 cm³/mol. The van der Waals surface area contributed by atoms with Crippen molar-refractivity contribution in [2.45, 2.75) is 105 Å². The number of carbonyl (C=O) groups is 2. The van der Waals surface area contributed by atoms with Crippen molar-refractivity contribution in [3.63, 3.8) is 0 Å². The van der Waals surface area contributed by atoms with Crippen LogP contribution in [0.25, 0.3) is 5.57 Å².